The Kier molecular flexibility index (Phi) is 22.7. The number of nitrogens with one attached hydrogen (secondary N) is 3. The Labute approximate surface area is 388 Å². The van der Waals surface area contributed by atoms with E-state index in [0.717, 1.165) is 4.90 Å². The highest BCUT2D eigenvalue weighted by molar-refractivity contribution is 7.99. The molecule has 14 N–H and O–H groups in total. The van der Waals surface area contributed by atoms with Crippen molar-refractivity contribution in [2.75, 3.05) is 51.0 Å². The summed E-state index contributed by atoms with van der Waals surface area (Å²) in [7, 11) is 0. The number of thioether (sulfide) groups is 1. The number of nitrogens with zero attached hydrogens (tertiary/aromatic N) is 1. The predicted octanol–water partition coefficient (Wildman–Crippen LogP) is -6.20. The third-order valence-corrected chi connectivity index (χ3v) is 12.0. The van der Waals surface area contributed by atoms with Gasteiger partial charge in [-0.3, -0.25) is 19.2 Å². The number of aliphatic hydroxyl groups is 10. The summed E-state index contributed by atoms with van der Waals surface area (Å²) in [5.74, 6) is -2.33. The summed E-state index contributed by atoms with van der Waals surface area (Å²) in [6, 6.07) is 7.45. The van der Waals surface area contributed by atoms with Crippen LogP contribution in [0.15, 0.2) is 30.3 Å². The van der Waals surface area contributed by atoms with Crippen molar-refractivity contribution in [3.8, 4) is 0 Å². The van der Waals surface area contributed by atoms with E-state index < -0.39 is 154 Å². The maximum absolute atomic E-state index is 12.8. The maximum Gasteiger partial charge on any atom is 0.408 e. The van der Waals surface area contributed by atoms with Gasteiger partial charge >= 0.3 is 12.1 Å². The standard InChI is InChI=1S/C40H62N4O22S/c1-19(48)44(11-5-12-67-13-10-41-25(49)9-8-21(36(59)42-14-26(50)51)43-40(60)61-18-20-6-3-2-4-7-20)37-31(56)30(55)34(24(17-47)62-37)65-39-33(58)35(28(53)23(16-46)64-39)66-38-32(57)29(54)27(52)22(15-45)63-38/h2-4,6-7,21-24,27-35,37-39,45-47,52-58H,5,8-18H2,1H3,(H,41,49)(H,42,59)(H,43,60)(H,50,51)/t21-,22+,23+,24+,27-,28-,29-,30+,31+,32+,33+,34+,35-,37+,38+,39-/m0/s1. The lowest BCUT2D eigenvalue weighted by atomic mass is 9.95. The molecule has 0 bridgehead atoms. The van der Waals surface area contributed by atoms with Crippen molar-refractivity contribution in [3.63, 3.8) is 0 Å². The number of amides is 4. The number of benzene rings is 1. The monoisotopic (exact) mass is 982 g/mol. The number of hydrogen-bond acceptors (Lipinski definition) is 22. The van der Waals surface area contributed by atoms with E-state index in [1.165, 1.54) is 18.7 Å². The van der Waals surface area contributed by atoms with Gasteiger partial charge in [0.25, 0.3) is 0 Å². The number of ether oxygens (including phenoxy) is 6. The van der Waals surface area contributed by atoms with Crippen LogP contribution < -0.4 is 16.0 Å². The van der Waals surface area contributed by atoms with E-state index in [9.17, 15) is 75.0 Å². The van der Waals surface area contributed by atoms with Crippen LogP contribution in [0.25, 0.3) is 0 Å². The first-order valence-electron chi connectivity index (χ1n) is 21.4. The van der Waals surface area contributed by atoms with Gasteiger partial charge in [-0.25, -0.2) is 4.79 Å². The lowest BCUT2D eigenvalue weighted by Gasteiger charge is -2.49. The fraction of sp³-hybridized carbons (Fsp3) is 0.725. The van der Waals surface area contributed by atoms with E-state index in [-0.39, 0.29) is 32.5 Å². The highest BCUT2D eigenvalue weighted by Crippen LogP contribution is 2.33. The van der Waals surface area contributed by atoms with Crippen molar-refractivity contribution < 1.29 is 109 Å². The third-order valence-electron chi connectivity index (χ3n) is 11.0. The summed E-state index contributed by atoms with van der Waals surface area (Å²) < 4.78 is 33.2. The van der Waals surface area contributed by atoms with Gasteiger partial charge in [-0.15, -0.1) is 0 Å². The lowest BCUT2D eigenvalue weighted by Crippen LogP contribution is -2.68. The summed E-state index contributed by atoms with van der Waals surface area (Å²) in [6.45, 7) is -1.97. The quantitative estimate of drug-likeness (QED) is 0.0429. The number of hydrogen-bond donors (Lipinski definition) is 14. The summed E-state index contributed by atoms with van der Waals surface area (Å²) in [5, 5.41) is 121. The molecule has 380 valence electrons. The van der Waals surface area contributed by atoms with Crippen LogP contribution in [0, 0.1) is 0 Å². The molecule has 3 saturated heterocycles. The Hall–Kier alpha value is -3.88. The van der Waals surface area contributed by atoms with Gasteiger partial charge < -0.3 is 105 Å². The molecule has 26 nitrogen and oxygen atoms in total. The lowest BCUT2D eigenvalue weighted by molar-refractivity contribution is -0.376. The van der Waals surface area contributed by atoms with Gasteiger partial charge in [-0.05, 0) is 24.2 Å². The van der Waals surface area contributed by atoms with Crippen LogP contribution in [0.2, 0.25) is 0 Å². The van der Waals surface area contributed by atoms with Gasteiger partial charge in [0.05, 0.1) is 19.8 Å². The normalized spacial score (nSPS) is 32.4. The minimum atomic E-state index is -2.01. The first-order chi connectivity index (χ1) is 31.9. The van der Waals surface area contributed by atoms with E-state index in [1.807, 2.05) is 0 Å². The van der Waals surface area contributed by atoms with Crippen molar-refractivity contribution in [1.29, 1.82) is 0 Å². The van der Waals surface area contributed by atoms with Crippen LogP contribution in [0.1, 0.15) is 31.7 Å². The third kappa shape index (κ3) is 15.8. The summed E-state index contributed by atoms with van der Waals surface area (Å²) in [5.41, 5.74) is 0.688. The zero-order chi connectivity index (χ0) is 49.4. The Morgan fingerprint density at radius 1 is 0.731 bits per heavy atom. The summed E-state index contributed by atoms with van der Waals surface area (Å²) in [4.78, 5) is 62.5. The Morgan fingerprint density at radius 2 is 1.36 bits per heavy atom. The molecule has 0 saturated carbocycles. The Morgan fingerprint density at radius 3 is 1.99 bits per heavy atom. The zero-order valence-electron chi connectivity index (χ0n) is 36.4. The highest BCUT2D eigenvalue weighted by Gasteiger charge is 2.54. The molecule has 0 spiro atoms. The van der Waals surface area contributed by atoms with E-state index in [2.05, 4.69) is 16.0 Å². The molecule has 0 aromatic heterocycles. The van der Waals surface area contributed by atoms with Gasteiger partial charge in [0.1, 0.15) is 92.4 Å². The number of aliphatic hydroxyl groups excluding tert-OH is 10. The first kappa shape index (κ1) is 55.7. The smallest absolute Gasteiger partial charge is 0.408 e. The van der Waals surface area contributed by atoms with Crippen molar-refractivity contribution in [2.45, 2.75) is 131 Å². The molecule has 3 aliphatic rings. The van der Waals surface area contributed by atoms with Gasteiger partial charge in [0.15, 0.2) is 18.8 Å². The minimum Gasteiger partial charge on any atom is -0.480 e. The first-order valence-corrected chi connectivity index (χ1v) is 22.5. The second-order valence-electron chi connectivity index (χ2n) is 15.8. The molecule has 1 aromatic carbocycles. The number of carbonyl (C=O) groups excluding carboxylic acids is 4. The molecule has 27 heteroatoms. The summed E-state index contributed by atoms with van der Waals surface area (Å²) in [6.07, 6.45) is -27.3. The van der Waals surface area contributed by atoms with Crippen LogP contribution in [0.3, 0.4) is 0 Å². The molecule has 3 heterocycles. The van der Waals surface area contributed by atoms with Crippen molar-refractivity contribution >= 4 is 41.5 Å². The van der Waals surface area contributed by atoms with Crippen LogP contribution in [-0.4, -0.2) is 240 Å². The molecule has 0 aliphatic carbocycles. The molecular weight excluding hydrogens is 921 g/mol. The molecule has 3 aliphatic heterocycles. The van der Waals surface area contributed by atoms with Crippen molar-refractivity contribution in [3.05, 3.63) is 35.9 Å². The number of alkyl carbamates (subject to hydrolysis) is 1. The molecule has 67 heavy (non-hydrogen) atoms. The van der Waals surface area contributed by atoms with Crippen LogP contribution in [0.5, 0.6) is 0 Å². The van der Waals surface area contributed by atoms with Crippen molar-refractivity contribution in [2.24, 2.45) is 0 Å². The van der Waals surface area contributed by atoms with Gasteiger partial charge in [-0.2, -0.15) is 11.8 Å². The molecule has 0 radical (unpaired) electrons. The molecule has 3 fully saturated rings. The number of carboxylic acids is 1. The second kappa shape index (κ2) is 27.3. The largest absolute Gasteiger partial charge is 0.480 e. The van der Waals surface area contributed by atoms with Crippen LogP contribution in [-0.2, 0) is 54.2 Å². The van der Waals surface area contributed by atoms with E-state index in [0.29, 0.717) is 23.5 Å². The van der Waals surface area contributed by atoms with Gasteiger partial charge in [-0.1, -0.05) is 30.3 Å². The Bertz CT molecular complexity index is 1720. The highest BCUT2D eigenvalue weighted by atomic mass is 32.2. The van der Waals surface area contributed by atoms with Crippen molar-refractivity contribution in [1.82, 2.24) is 20.9 Å². The minimum absolute atomic E-state index is 0.00356. The van der Waals surface area contributed by atoms with Crippen LogP contribution in [0.4, 0.5) is 4.79 Å². The van der Waals surface area contributed by atoms with E-state index in [1.54, 1.807) is 30.3 Å². The predicted molar refractivity (Wildman–Crippen MR) is 225 cm³/mol. The van der Waals surface area contributed by atoms with Crippen LogP contribution >= 0.6 is 11.8 Å². The molecule has 4 rings (SSSR count). The molecule has 0 unspecified atom stereocenters. The molecule has 1 aromatic rings. The number of carbonyl (C=O) groups is 5. The molecular formula is C40H62N4O22S. The topological polar surface area (TPSA) is 403 Å². The number of carboxylic acid groups (broad SMARTS) is 1. The van der Waals surface area contributed by atoms with E-state index in [4.69, 9.17) is 33.5 Å². The average molecular weight is 983 g/mol. The maximum atomic E-state index is 12.8. The van der Waals surface area contributed by atoms with Gasteiger partial charge in [0.2, 0.25) is 17.7 Å². The average Bonchev–Trinajstić information content (AvgIpc) is 3.31. The molecule has 4 amide bonds. The zero-order valence-corrected chi connectivity index (χ0v) is 37.2. The van der Waals surface area contributed by atoms with E-state index >= 15 is 0 Å². The SMILES string of the molecule is CC(=O)N(CCCSCCNC(=O)CC[C@H](NC(=O)OCc1ccccc1)C(=O)NCC(=O)O)[C@@H]1O[C@H](CO)[C@@H](O[C@@H]2O[C@H](CO)[C@H](O)[C@H](O[C@H]3O[C@H](CO)[C@H](O)[C@H](O)[C@H]3O)[C@H]2O)[C@H](O)[C@H]1O. The fourth-order valence-electron chi connectivity index (χ4n) is 7.30. The number of rotatable bonds is 24. The second-order valence-corrected chi connectivity index (χ2v) is 17.0. The molecule has 16 atom stereocenters. The Balaban J connectivity index is 1.24. The number of aliphatic carboxylic acids is 1. The fourth-order valence-corrected chi connectivity index (χ4v) is 8.08. The van der Waals surface area contributed by atoms with Gasteiger partial charge in [0, 0.05) is 32.2 Å². The summed E-state index contributed by atoms with van der Waals surface area (Å²) >= 11 is 1.39.